The molecule has 1 saturated carbocycles. The molecule has 1 aromatic carbocycles. The number of nitrogens with zero attached hydrogens (tertiary/aromatic N) is 2. The maximum absolute atomic E-state index is 13.6. The second-order valence-corrected chi connectivity index (χ2v) is 5.16. The molecule has 0 spiro atoms. The van der Waals surface area contributed by atoms with Crippen LogP contribution in [-0.4, -0.2) is 9.55 Å². The Morgan fingerprint density at radius 2 is 2.05 bits per heavy atom. The van der Waals surface area contributed by atoms with Crippen LogP contribution < -0.4 is 5.56 Å². The van der Waals surface area contributed by atoms with E-state index < -0.39 is 11.6 Å². The predicted molar refractivity (Wildman–Crippen MR) is 70.7 cm³/mol. The Bertz CT molecular complexity index is 720. The lowest BCUT2D eigenvalue weighted by atomic mass is 10.2. The molecule has 1 heterocycles. The molecule has 0 atom stereocenters. The fourth-order valence-corrected chi connectivity index (χ4v) is 2.26. The first kappa shape index (κ1) is 13.0. The van der Waals surface area contributed by atoms with Gasteiger partial charge in [-0.05, 0) is 38.0 Å². The highest BCUT2D eigenvalue weighted by molar-refractivity contribution is 5.21. The number of hydrogen-bond donors (Lipinski definition) is 0. The third-order valence-electron chi connectivity index (χ3n) is 3.55. The summed E-state index contributed by atoms with van der Waals surface area (Å²) >= 11 is 0. The molecule has 20 heavy (non-hydrogen) atoms. The Morgan fingerprint density at radius 3 is 2.70 bits per heavy atom. The van der Waals surface area contributed by atoms with E-state index in [1.54, 1.807) is 6.92 Å². The molecule has 0 saturated heterocycles. The van der Waals surface area contributed by atoms with Gasteiger partial charge in [-0.3, -0.25) is 9.36 Å². The second-order valence-electron chi connectivity index (χ2n) is 5.16. The SMILES string of the molecule is Cc1nc(C2CC2)cc(=O)n1Cc1cc(F)ccc1F. The van der Waals surface area contributed by atoms with Crippen molar-refractivity contribution in [3.8, 4) is 0 Å². The van der Waals surface area contributed by atoms with E-state index in [1.165, 1.54) is 10.6 Å². The zero-order valence-electron chi connectivity index (χ0n) is 11.1. The zero-order chi connectivity index (χ0) is 14.3. The minimum Gasteiger partial charge on any atom is -0.292 e. The molecule has 0 unspecified atom stereocenters. The third-order valence-corrected chi connectivity index (χ3v) is 3.55. The van der Waals surface area contributed by atoms with Gasteiger partial charge in [-0.15, -0.1) is 0 Å². The van der Waals surface area contributed by atoms with Crippen molar-refractivity contribution < 1.29 is 8.78 Å². The van der Waals surface area contributed by atoms with Crippen LogP contribution in [0.5, 0.6) is 0 Å². The normalized spacial score (nSPS) is 14.6. The molecule has 1 aliphatic carbocycles. The number of hydrogen-bond acceptors (Lipinski definition) is 2. The third kappa shape index (κ3) is 2.48. The molecule has 0 amide bonds. The van der Waals surface area contributed by atoms with Gasteiger partial charge in [0.25, 0.3) is 5.56 Å². The number of halogens is 2. The molecule has 3 rings (SSSR count). The Labute approximate surface area is 114 Å². The van der Waals surface area contributed by atoms with E-state index in [0.717, 1.165) is 36.7 Å². The standard InChI is InChI=1S/C15H14F2N2O/c1-9-18-14(10-2-3-10)7-15(20)19(9)8-11-6-12(16)4-5-13(11)17/h4-7,10H,2-3,8H2,1H3. The maximum Gasteiger partial charge on any atom is 0.254 e. The van der Waals surface area contributed by atoms with Crippen LogP contribution in [0.1, 0.15) is 35.8 Å². The summed E-state index contributed by atoms with van der Waals surface area (Å²) in [4.78, 5) is 16.5. The lowest BCUT2D eigenvalue weighted by molar-refractivity contribution is 0.569. The van der Waals surface area contributed by atoms with Crippen molar-refractivity contribution in [2.75, 3.05) is 0 Å². The summed E-state index contributed by atoms with van der Waals surface area (Å²) in [6, 6.07) is 4.73. The molecular formula is C15H14F2N2O. The van der Waals surface area contributed by atoms with Gasteiger partial charge in [0.1, 0.15) is 17.5 Å². The second kappa shape index (κ2) is 4.81. The monoisotopic (exact) mass is 276 g/mol. The average molecular weight is 276 g/mol. The van der Waals surface area contributed by atoms with Gasteiger partial charge in [0, 0.05) is 17.5 Å². The zero-order valence-corrected chi connectivity index (χ0v) is 11.1. The first-order chi connectivity index (χ1) is 9.54. The molecule has 3 nitrogen and oxygen atoms in total. The number of benzene rings is 1. The van der Waals surface area contributed by atoms with Gasteiger partial charge in [-0.25, -0.2) is 13.8 Å². The largest absolute Gasteiger partial charge is 0.292 e. The summed E-state index contributed by atoms with van der Waals surface area (Å²) in [6.07, 6.45) is 2.13. The van der Waals surface area contributed by atoms with Gasteiger partial charge in [0.2, 0.25) is 0 Å². The predicted octanol–water partition coefficient (Wildman–Crippen LogP) is 2.76. The van der Waals surface area contributed by atoms with Crippen molar-refractivity contribution >= 4 is 0 Å². The van der Waals surface area contributed by atoms with E-state index in [2.05, 4.69) is 4.98 Å². The van der Waals surface area contributed by atoms with E-state index in [0.29, 0.717) is 11.7 Å². The highest BCUT2D eigenvalue weighted by Crippen LogP contribution is 2.38. The molecule has 104 valence electrons. The quantitative estimate of drug-likeness (QED) is 0.864. The summed E-state index contributed by atoms with van der Waals surface area (Å²) < 4.78 is 28.2. The lowest BCUT2D eigenvalue weighted by Gasteiger charge is -2.11. The topological polar surface area (TPSA) is 34.9 Å². The summed E-state index contributed by atoms with van der Waals surface area (Å²) in [5.41, 5.74) is 0.739. The van der Waals surface area contributed by atoms with Crippen LogP contribution in [0.3, 0.4) is 0 Å². The smallest absolute Gasteiger partial charge is 0.254 e. The Balaban J connectivity index is 1.98. The van der Waals surface area contributed by atoms with E-state index in [4.69, 9.17) is 0 Å². The fraction of sp³-hybridized carbons (Fsp3) is 0.333. The molecule has 0 N–H and O–H groups in total. The van der Waals surface area contributed by atoms with E-state index in [1.807, 2.05) is 0 Å². The van der Waals surface area contributed by atoms with Gasteiger partial charge >= 0.3 is 0 Å². The summed E-state index contributed by atoms with van der Waals surface area (Å²) in [5, 5.41) is 0. The minimum absolute atomic E-state index is 0.00773. The summed E-state index contributed by atoms with van der Waals surface area (Å²) in [5.74, 6) is -0.122. The number of rotatable bonds is 3. The van der Waals surface area contributed by atoms with Crippen LogP contribution in [0.15, 0.2) is 29.1 Å². The summed E-state index contributed by atoms with van der Waals surface area (Å²) in [6.45, 7) is 1.71. The van der Waals surface area contributed by atoms with E-state index in [9.17, 15) is 13.6 Å². The van der Waals surface area contributed by atoms with Crippen molar-refractivity contribution in [1.29, 1.82) is 0 Å². The lowest BCUT2D eigenvalue weighted by Crippen LogP contribution is -2.25. The molecule has 1 aliphatic rings. The van der Waals surface area contributed by atoms with E-state index >= 15 is 0 Å². The highest BCUT2D eigenvalue weighted by Gasteiger charge is 2.26. The van der Waals surface area contributed by atoms with Crippen molar-refractivity contribution in [1.82, 2.24) is 9.55 Å². The molecule has 5 heteroatoms. The van der Waals surface area contributed by atoms with Crippen LogP contribution in [0.2, 0.25) is 0 Å². The number of aromatic nitrogens is 2. The molecule has 2 aromatic rings. The number of aryl methyl sites for hydroxylation is 1. The van der Waals surface area contributed by atoms with Gasteiger partial charge in [0.15, 0.2) is 0 Å². The van der Waals surface area contributed by atoms with Crippen molar-refractivity contribution in [3.05, 3.63) is 63.3 Å². The molecule has 1 fully saturated rings. The van der Waals surface area contributed by atoms with Crippen LogP contribution in [0.25, 0.3) is 0 Å². The van der Waals surface area contributed by atoms with Crippen LogP contribution >= 0.6 is 0 Å². The highest BCUT2D eigenvalue weighted by atomic mass is 19.1. The fourth-order valence-electron chi connectivity index (χ4n) is 2.26. The molecule has 0 radical (unpaired) electrons. The Kier molecular flexibility index (Phi) is 3.12. The molecule has 0 aliphatic heterocycles. The van der Waals surface area contributed by atoms with Gasteiger partial charge < -0.3 is 0 Å². The first-order valence-corrected chi connectivity index (χ1v) is 6.57. The first-order valence-electron chi connectivity index (χ1n) is 6.57. The van der Waals surface area contributed by atoms with Crippen molar-refractivity contribution in [3.63, 3.8) is 0 Å². The van der Waals surface area contributed by atoms with E-state index in [-0.39, 0.29) is 17.7 Å². The van der Waals surface area contributed by atoms with Crippen LogP contribution in [0.4, 0.5) is 8.78 Å². The van der Waals surface area contributed by atoms with Crippen LogP contribution in [-0.2, 0) is 6.54 Å². The van der Waals surface area contributed by atoms with Gasteiger partial charge in [0.05, 0.1) is 12.2 Å². The molecule has 1 aromatic heterocycles. The van der Waals surface area contributed by atoms with Crippen molar-refractivity contribution in [2.45, 2.75) is 32.2 Å². The van der Waals surface area contributed by atoms with Gasteiger partial charge in [-0.1, -0.05) is 0 Å². The molecular weight excluding hydrogens is 262 g/mol. The Hall–Kier alpha value is -2.04. The summed E-state index contributed by atoms with van der Waals surface area (Å²) in [7, 11) is 0. The van der Waals surface area contributed by atoms with Crippen LogP contribution in [0, 0.1) is 18.6 Å². The van der Waals surface area contributed by atoms with Gasteiger partial charge in [-0.2, -0.15) is 0 Å². The molecule has 0 bridgehead atoms. The Morgan fingerprint density at radius 1 is 1.30 bits per heavy atom. The van der Waals surface area contributed by atoms with Crippen molar-refractivity contribution in [2.24, 2.45) is 0 Å². The minimum atomic E-state index is -0.524. The average Bonchev–Trinajstić information content (AvgIpc) is 3.22. The maximum atomic E-state index is 13.6.